The van der Waals surface area contributed by atoms with Gasteiger partial charge in [0.25, 0.3) is 0 Å². The quantitative estimate of drug-likeness (QED) is 0.631. The number of hydrogen-bond donors (Lipinski definition) is 0. The highest BCUT2D eigenvalue weighted by molar-refractivity contribution is 5.87. The van der Waals surface area contributed by atoms with Gasteiger partial charge in [0.1, 0.15) is 12.7 Å². The predicted molar refractivity (Wildman–Crippen MR) is 83.0 cm³/mol. The molecular weight excluding hydrogens is 280 g/mol. The molecule has 22 heavy (non-hydrogen) atoms. The van der Waals surface area contributed by atoms with Crippen molar-refractivity contribution in [3.8, 4) is 0 Å². The summed E-state index contributed by atoms with van der Waals surface area (Å²) in [6, 6.07) is 5.89. The van der Waals surface area contributed by atoms with E-state index in [4.69, 9.17) is 9.47 Å². The normalized spacial score (nSPS) is 18.5. The third-order valence-corrected chi connectivity index (χ3v) is 3.86. The number of carbonyl (C=O) groups excluding carboxylic acids is 2. The molecule has 0 bridgehead atoms. The van der Waals surface area contributed by atoms with E-state index < -0.39 is 0 Å². The fourth-order valence-corrected chi connectivity index (χ4v) is 2.78. The second-order valence-corrected chi connectivity index (χ2v) is 6.54. The number of ether oxygens (including phenoxy) is 2. The Morgan fingerprint density at radius 3 is 2.59 bits per heavy atom. The summed E-state index contributed by atoms with van der Waals surface area (Å²) in [6.07, 6.45) is 0.527. The Kier molecular flexibility index (Phi) is 4.40. The van der Waals surface area contributed by atoms with Crippen LogP contribution < -0.4 is 0 Å². The monoisotopic (exact) mass is 302 g/mol. The van der Waals surface area contributed by atoms with Crippen molar-refractivity contribution in [1.29, 1.82) is 0 Å². The van der Waals surface area contributed by atoms with Crippen LogP contribution in [0.2, 0.25) is 0 Å². The first-order chi connectivity index (χ1) is 10.2. The molecule has 4 nitrogen and oxygen atoms in total. The van der Waals surface area contributed by atoms with E-state index >= 15 is 0 Å². The van der Waals surface area contributed by atoms with Crippen molar-refractivity contribution >= 4 is 11.9 Å². The Hall–Kier alpha value is -2.10. The van der Waals surface area contributed by atoms with Crippen molar-refractivity contribution in [2.24, 2.45) is 5.41 Å². The van der Waals surface area contributed by atoms with Crippen LogP contribution >= 0.6 is 0 Å². The average molecular weight is 302 g/mol. The first kappa shape index (κ1) is 16.3. The van der Waals surface area contributed by atoms with Gasteiger partial charge in [-0.3, -0.25) is 4.79 Å². The first-order valence-electron chi connectivity index (χ1n) is 7.32. The number of hydrogen-bond acceptors (Lipinski definition) is 4. The summed E-state index contributed by atoms with van der Waals surface area (Å²) in [6.45, 7) is 11.1. The maximum absolute atomic E-state index is 11.9. The standard InChI is InChI=1S/C18H22O4/c1-11(2)17(20)22-16-15-7-6-13(10-21-12(3)19)8-14(15)9-18(16,4)5/h6-8,16H,1,9-10H2,2-5H3. The van der Waals surface area contributed by atoms with Gasteiger partial charge in [-0.1, -0.05) is 38.6 Å². The Labute approximate surface area is 131 Å². The van der Waals surface area contributed by atoms with Crippen molar-refractivity contribution in [2.75, 3.05) is 0 Å². The van der Waals surface area contributed by atoms with Gasteiger partial charge < -0.3 is 9.47 Å². The van der Waals surface area contributed by atoms with Crippen LogP contribution in [0.15, 0.2) is 30.4 Å². The van der Waals surface area contributed by atoms with E-state index in [1.165, 1.54) is 6.92 Å². The van der Waals surface area contributed by atoms with E-state index in [0.29, 0.717) is 5.57 Å². The average Bonchev–Trinajstić information content (AvgIpc) is 2.66. The van der Waals surface area contributed by atoms with Gasteiger partial charge in [0.05, 0.1) is 0 Å². The van der Waals surface area contributed by atoms with Crippen LogP contribution in [0.5, 0.6) is 0 Å². The summed E-state index contributed by atoms with van der Waals surface area (Å²) in [4.78, 5) is 22.8. The number of fused-ring (bicyclic) bond motifs is 1. The SMILES string of the molecule is C=C(C)C(=O)OC1c2ccc(COC(C)=O)cc2CC1(C)C. The minimum Gasteiger partial charge on any atom is -0.461 e. The van der Waals surface area contributed by atoms with E-state index in [-0.39, 0.29) is 30.1 Å². The lowest BCUT2D eigenvalue weighted by molar-refractivity contribution is -0.150. The van der Waals surface area contributed by atoms with Crippen molar-refractivity contribution in [1.82, 2.24) is 0 Å². The molecule has 0 saturated carbocycles. The van der Waals surface area contributed by atoms with E-state index in [1.54, 1.807) is 6.92 Å². The lowest BCUT2D eigenvalue weighted by atomic mass is 9.87. The fraction of sp³-hybridized carbons (Fsp3) is 0.444. The fourth-order valence-electron chi connectivity index (χ4n) is 2.78. The molecule has 0 N–H and O–H groups in total. The maximum atomic E-state index is 11.9. The van der Waals surface area contributed by atoms with Crippen LogP contribution in [0.3, 0.4) is 0 Å². The number of benzene rings is 1. The zero-order valence-electron chi connectivity index (χ0n) is 13.6. The topological polar surface area (TPSA) is 52.6 Å². The van der Waals surface area contributed by atoms with Crippen molar-refractivity contribution in [3.05, 3.63) is 47.0 Å². The second kappa shape index (κ2) is 5.95. The van der Waals surface area contributed by atoms with E-state index in [2.05, 4.69) is 20.4 Å². The Balaban J connectivity index is 2.24. The highest BCUT2D eigenvalue weighted by Crippen LogP contribution is 2.47. The lowest BCUT2D eigenvalue weighted by Crippen LogP contribution is -2.23. The zero-order valence-corrected chi connectivity index (χ0v) is 13.6. The first-order valence-corrected chi connectivity index (χ1v) is 7.32. The van der Waals surface area contributed by atoms with Crippen LogP contribution in [0.1, 0.15) is 50.5 Å². The minimum atomic E-state index is -0.366. The lowest BCUT2D eigenvalue weighted by Gasteiger charge is -2.27. The molecule has 118 valence electrons. The molecule has 1 aliphatic rings. The van der Waals surface area contributed by atoms with Gasteiger partial charge >= 0.3 is 11.9 Å². The third-order valence-electron chi connectivity index (χ3n) is 3.86. The molecule has 0 aromatic heterocycles. The van der Waals surface area contributed by atoms with Crippen molar-refractivity contribution in [2.45, 2.75) is 46.8 Å². The maximum Gasteiger partial charge on any atom is 0.333 e. The highest BCUT2D eigenvalue weighted by Gasteiger charge is 2.41. The Bertz CT molecular complexity index is 628. The van der Waals surface area contributed by atoms with E-state index in [1.807, 2.05) is 18.2 Å². The molecule has 4 heteroatoms. The third kappa shape index (κ3) is 3.38. The highest BCUT2D eigenvalue weighted by atomic mass is 16.5. The molecule has 0 spiro atoms. The molecule has 0 aliphatic heterocycles. The molecule has 0 fully saturated rings. The smallest absolute Gasteiger partial charge is 0.333 e. The summed E-state index contributed by atoms with van der Waals surface area (Å²) < 4.78 is 10.7. The van der Waals surface area contributed by atoms with Gasteiger partial charge in [-0.2, -0.15) is 0 Å². The summed E-state index contributed by atoms with van der Waals surface area (Å²) in [5, 5.41) is 0. The molecule has 0 amide bonds. The number of rotatable bonds is 4. The van der Waals surface area contributed by atoms with Crippen molar-refractivity contribution < 1.29 is 19.1 Å². The van der Waals surface area contributed by atoms with Gasteiger partial charge in [0.2, 0.25) is 0 Å². The van der Waals surface area contributed by atoms with Gasteiger partial charge in [0.15, 0.2) is 0 Å². The van der Waals surface area contributed by atoms with Gasteiger partial charge in [-0.05, 0) is 30.0 Å². The molecule has 1 atom stereocenters. The molecule has 1 aliphatic carbocycles. The summed E-state index contributed by atoms with van der Waals surface area (Å²) >= 11 is 0. The largest absolute Gasteiger partial charge is 0.461 e. The van der Waals surface area contributed by atoms with Crippen LogP contribution in [-0.4, -0.2) is 11.9 Å². The molecule has 0 saturated heterocycles. The van der Waals surface area contributed by atoms with Crippen LogP contribution in [0.4, 0.5) is 0 Å². The Morgan fingerprint density at radius 1 is 1.32 bits per heavy atom. The number of esters is 2. The van der Waals surface area contributed by atoms with Crippen LogP contribution in [0, 0.1) is 5.41 Å². The number of carbonyl (C=O) groups is 2. The molecule has 2 rings (SSSR count). The van der Waals surface area contributed by atoms with Gasteiger partial charge in [0, 0.05) is 17.9 Å². The molecular formula is C18H22O4. The van der Waals surface area contributed by atoms with Crippen LogP contribution in [-0.2, 0) is 32.1 Å². The molecule has 0 radical (unpaired) electrons. The molecule has 1 aromatic rings. The summed E-state index contributed by atoms with van der Waals surface area (Å²) in [7, 11) is 0. The summed E-state index contributed by atoms with van der Waals surface area (Å²) in [5.74, 6) is -0.663. The van der Waals surface area contributed by atoms with Crippen LogP contribution in [0.25, 0.3) is 0 Å². The molecule has 1 aromatic carbocycles. The summed E-state index contributed by atoms with van der Waals surface area (Å²) in [5.41, 5.74) is 3.32. The second-order valence-electron chi connectivity index (χ2n) is 6.54. The zero-order chi connectivity index (χ0) is 16.5. The molecule has 0 heterocycles. The van der Waals surface area contributed by atoms with E-state index in [9.17, 15) is 9.59 Å². The van der Waals surface area contributed by atoms with E-state index in [0.717, 1.165) is 23.1 Å². The van der Waals surface area contributed by atoms with Crippen molar-refractivity contribution in [3.63, 3.8) is 0 Å². The Morgan fingerprint density at radius 2 is 2.00 bits per heavy atom. The van der Waals surface area contributed by atoms with Gasteiger partial charge in [-0.15, -0.1) is 0 Å². The van der Waals surface area contributed by atoms with Gasteiger partial charge in [-0.25, -0.2) is 4.79 Å². The molecule has 1 unspecified atom stereocenters. The predicted octanol–water partition coefficient (Wildman–Crippen LogP) is 3.49. The minimum absolute atomic E-state index is 0.173.